The number of nitrogens with zero attached hydrogens (tertiary/aromatic N) is 3. The van der Waals surface area contributed by atoms with E-state index < -0.39 is 0 Å². The minimum absolute atomic E-state index is 0.294. The van der Waals surface area contributed by atoms with Crippen molar-refractivity contribution in [1.29, 1.82) is 0 Å². The summed E-state index contributed by atoms with van der Waals surface area (Å²) in [7, 11) is 0. The van der Waals surface area contributed by atoms with Crippen LogP contribution in [0.2, 0.25) is 5.02 Å². The Morgan fingerprint density at radius 3 is 2.46 bits per heavy atom. The smallest absolute Gasteiger partial charge is 0.231 e. The average molecular weight is 344 g/mol. The summed E-state index contributed by atoms with van der Waals surface area (Å²) in [6, 6.07) is 13.8. The molecule has 0 amide bonds. The molecule has 0 N–H and O–H groups in total. The quantitative estimate of drug-likeness (QED) is 0.802. The van der Waals surface area contributed by atoms with Gasteiger partial charge in [-0.25, -0.2) is 0 Å². The average Bonchev–Trinajstić information content (AvgIpc) is 3.09. The van der Waals surface area contributed by atoms with Gasteiger partial charge in [0.2, 0.25) is 6.79 Å². The van der Waals surface area contributed by atoms with Crippen molar-refractivity contribution in [1.82, 2.24) is 5.01 Å². The van der Waals surface area contributed by atoms with Gasteiger partial charge in [0.1, 0.15) is 0 Å². The molecule has 124 valence electrons. The van der Waals surface area contributed by atoms with Gasteiger partial charge in [0.05, 0.1) is 19.3 Å². The summed E-state index contributed by atoms with van der Waals surface area (Å²) >= 11 is 5.95. The Hall–Kier alpha value is -2.40. The van der Waals surface area contributed by atoms with Gasteiger partial charge in [-0.1, -0.05) is 11.6 Å². The molecule has 0 aliphatic carbocycles. The fourth-order valence-corrected chi connectivity index (χ4v) is 2.99. The van der Waals surface area contributed by atoms with Gasteiger partial charge in [-0.2, -0.15) is 5.10 Å². The molecule has 2 aliphatic rings. The van der Waals surface area contributed by atoms with Crippen LogP contribution < -0.4 is 14.4 Å². The summed E-state index contributed by atoms with van der Waals surface area (Å²) in [5, 5.41) is 7.45. The number of hydrazone groups is 1. The first kappa shape index (κ1) is 15.1. The zero-order valence-electron chi connectivity index (χ0n) is 13.2. The molecule has 2 aromatic rings. The van der Waals surface area contributed by atoms with Gasteiger partial charge >= 0.3 is 0 Å². The highest BCUT2D eigenvalue weighted by atomic mass is 35.5. The molecule has 1 fully saturated rings. The predicted molar refractivity (Wildman–Crippen MR) is 95.4 cm³/mol. The Labute approximate surface area is 146 Å². The first-order chi connectivity index (χ1) is 11.8. The van der Waals surface area contributed by atoms with Crippen LogP contribution in [0.4, 0.5) is 5.69 Å². The molecule has 0 unspecified atom stereocenters. The summed E-state index contributed by atoms with van der Waals surface area (Å²) in [5.74, 6) is 1.58. The highest BCUT2D eigenvalue weighted by molar-refractivity contribution is 6.30. The number of piperazine rings is 1. The van der Waals surface area contributed by atoms with Crippen LogP contribution in [-0.4, -0.2) is 44.2 Å². The van der Waals surface area contributed by atoms with Gasteiger partial charge in [0.25, 0.3) is 0 Å². The Bertz CT molecular complexity index is 740. The zero-order chi connectivity index (χ0) is 16.4. The molecule has 24 heavy (non-hydrogen) atoms. The molecule has 0 aromatic heterocycles. The number of hydrogen-bond donors (Lipinski definition) is 0. The van der Waals surface area contributed by atoms with Crippen LogP contribution in [0, 0.1) is 0 Å². The van der Waals surface area contributed by atoms with Gasteiger partial charge in [0.15, 0.2) is 11.5 Å². The molecule has 0 radical (unpaired) electrons. The fraction of sp³-hybridized carbons (Fsp3) is 0.278. The van der Waals surface area contributed by atoms with Crippen LogP contribution in [0.1, 0.15) is 5.56 Å². The minimum atomic E-state index is 0.294. The van der Waals surface area contributed by atoms with Crippen molar-refractivity contribution in [3.63, 3.8) is 0 Å². The van der Waals surface area contributed by atoms with Gasteiger partial charge in [0, 0.05) is 23.8 Å². The maximum Gasteiger partial charge on any atom is 0.231 e. The van der Waals surface area contributed by atoms with Gasteiger partial charge in [-0.15, -0.1) is 0 Å². The second-order valence-corrected chi connectivity index (χ2v) is 6.21. The van der Waals surface area contributed by atoms with Gasteiger partial charge in [-0.3, -0.25) is 5.01 Å². The van der Waals surface area contributed by atoms with E-state index in [1.807, 2.05) is 36.5 Å². The maximum atomic E-state index is 5.95. The third kappa shape index (κ3) is 3.26. The Balaban J connectivity index is 1.35. The molecule has 2 aliphatic heterocycles. The van der Waals surface area contributed by atoms with Crippen LogP contribution in [0.3, 0.4) is 0 Å². The van der Waals surface area contributed by atoms with Crippen molar-refractivity contribution in [2.24, 2.45) is 5.10 Å². The fourth-order valence-electron chi connectivity index (χ4n) is 2.86. The number of halogens is 1. The second-order valence-electron chi connectivity index (χ2n) is 5.77. The molecule has 0 spiro atoms. The second kappa shape index (κ2) is 6.61. The number of hydrogen-bond acceptors (Lipinski definition) is 5. The molecule has 4 rings (SSSR count). The van der Waals surface area contributed by atoms with Crippen molar-refractivity contribution in [3.8, 4) is 11.5 Å². The van der Waals surface area contributed by atoms with Crippen molar-refractivity contribution in [3.05, 3.63) is 53.1 Å². The minimum Gasteiger partial charge on any atom is -0.454 e. The van der Waals surface area contributed by atoms with E-state index in [1.165, 1.54) is 5.69 Å². The van der Waals surface area contributed by atoms with Crippen molar-refractivity contribution in [2.45, 2.75) is 0 Å². The van der Waals surface area contributed by atoms with E-state index in [0.29, 0.717) is 6.79 Å². The molecule has 0 bridgehead atoms. The highest BCUT2D eigenvalue weighted by Crippen LogP contribution is 2.32. The lowest BCUT2D eigenvalue weighted by Gasteiger charge is -2.34. The third-order valence-corrected chi connectivity index (χ3v) is 4.47. The van der Waals surface area contributed by atoms with E-state index in [0.717, 1.165) is 48.3 Å². The lowest BCUT2D eigenvalue weighted by molar-refractivity contribution is 0.174. The number of ether oxygens (including phenoxy) is 2. The zero-order valence-corrected chi connectivity index (χ0v) is 13.9. The van der Waals surface area contributed by atoms with Gasteiger partial charge in [-0.05, 0) is 48.0 Å². The highest BCUT2D eigenvalue weighted by Gasteiger charge is 2.16. The summed E-state index contributed by atoms with van der Waals surface area (Å²) < 4.78 is 10.7. The molecular weight excluding hydrogens is 326 g/mol. The number of fused-ring (bicyclic) bond motifs is 1. The topological polar surface area (TPSA) is 37.3 Å². The van der Waals surface area contributed by atoms with Crippen LogP contribution >= 0.6 is 11.6 Å². The molecular formula is C18H18ClN3O2. The third-order valence-electron chi connectivity index (χ3n) is 4.21. The molecule has 6 heteroatoms. The van der Waals surface area contributed by atoms with Crippen LogP contribution in [0.15, 0.2) is 47.6 Å². The van der Waals surface area contributed by atoms with E-state index in [2.05, 4.69) is 27.1 Å². The van der Waals surface area contributed by atoms with Crippen molar-refractivity contribution in [2.75, 3.05) is 37.9 Å². The van der Waals surface area contributed by atoms with Crippen LogP contribution in [0.5, 0.6) is 11.5 Å². The molecule has 2 heterocycles. The SMILES string of the molecule is Clc1ccc(N2CCN(/N=C\c3ccc4c(c3)OCO4)CC2)cc1. The first-order valence-electron chi connectivity index (χ1n) is 7.97. The van der Waals surface area contributed by atoms with E-state index >= 15 is 0 Å². The molecule has 2 aromatic carbocycles. The monoisotopic (exact) mass is 343 g/mol. The van der Waals surface area contributed by atoms with E-state index in [4.69, 9.17) is 21.1 Å². The first-order valence-corrected chi connectivity index (χ1v) is 8.35. The standard InChI is InChI=1S/C18H18ClN3O2/c19-15-2-4-16(5-3-15)21-7-9-22(10-8-21)20-12-14-1-6-17-18(11-14)24-13-23-17/h1-6,11-12H,7-10,13H2/b20-12-. The lowest BCUT2D eigenvalue weighted by Crippen LogP contribution is -2.44. The normalized spacial score (nSPS) is 16.9. The van der Waals surface area contributed by atoms with Crippen molar-refractivity contribution < 1.29 is 9.47 Å². The summed E-state index contributed by atoms with van der Waals surface area (Å²) in [6.45, 7) is 3.97. The summed E-state index contributed by atoms with van der Waals surface area (Å²) in [5.41, 5.74) is 2.22. The number of anilines is 1. The Morgan fingerprint density at radius 1 is 0.917 bits per heavy atom. The molecule has 0 atom stereocenters. The molecule has 0 saturated carbocycles. The number of rotatable bonds is 3. The summed E-state index contributed by atoms with van der Waals surface area (Å²) in [6.07, 6.45) is 1.87. The Kier molecular flexibility index (Phi) is 4.17. The molecule has 1 saturated heterocycles. The Morgan fingerprint density at radius 2 is 1.67 bits per heavy atom. The molecule has 5 nitrogen and oxygen atoms in total. The summed E-state index contributed by atoms with van der Waals surface area (Å²) in [4.78, 5) is 2.35. The predicted octanol–water partition coefficient (Wildman–Crippen LogP) is 3.22. The van der Waals surface area contributed by atoms with E-state index in [1.54, 1.807) is 0 Å². The number of benzene rings is 2. The van der Waals surface area contributed by atoms with Crippen LogP contribution in [0.25, 0.3) is 0 Å². The van der Waals surface area contributed by atoms with Gasteiger partial charge < -0.3 is 14.4 Å². The maximum absolute atomic E-state index is 5.95. The lowest BCUT2D eigenvalue weighted by atomic mass is 10.2. The van der Waals surface area contributed by atoms with Crippen molar-refractivity contribution >= 4 is 23.5 Å². The van der Waals surface area contributed by atoms with E-state index in [-0.39, 0.29) is 0 Å². The van der Waals surface area contributed by atoms with Crippen LogP contribution in [-0.2, 0) is 0 Å². The van der Waals surface area contributed by atoms with E-state index in [9.17, 15) is 0 Å². The largest absolute Gasteiger partial charge is 0.454 e.